The molecule has 15 rings (SSSR count). The number of nitrogens with one attached hydrogen (secondary N) is 1. The molecule has 0 saturated heterocycles. The first-order chi connectivity index (χ1) is 37.2. The van der Waals surface area contributed by atoms with Gasteiger partial charge in [0.05, 0.1) is 17.1 Å². The molecule has 1 aliphatic carbocycles. The highest BCUT2D eigenvalue weighted by Crippen LogP contribution is 2.55. The van der Waals surface area contributed by atoms with Crippen molar-refractivity contribution >= 4 is 72.4 Å². The van der Waals surface area contributed by atoms with Gasteiger partial charge in [0.25, 0.3) is 0 Å². The van der Waals surface area contributed by atoms with Gasteiger partial charge in [-0.3, -0.25) is 0 Å². The van der Waals surface area contributed by atoms with Crippen molar-refractivity contribution < 1.29 is 4.42 Å². The maximum Gasteiger partial charge on any atom is 0.159 e. The molecule has 12 aromatic rings. The monoisotopic (exact) mass is 961 g/mol. The SMILES string of the molecule is C1=CC2C(C(c3cccc4c3c3ccc(-c5ccccc5)cc3n4-c3ccccc3)=C1)c1ccccc1N2c1ccccc1C1N=C(c2cccc(-c3ccccc3)c2)N=C(c2ccc3oc4ccccc4c3c2)N1. The second kappa shape index (κ2) is 17.5. The zero-order valence-electron chi connectivity index (χ0n) is 40.8. The Bertz CT molecular complexity index is 4350. The van der Waals surface area contributed by atoms with Crippen LogP contribution in [0.3, 0.4) is 0 Å². The van der Waals surface area contributed by atoms with Crippen LogP contribution in [0.4, 0.5) is 11.4 Å². The maximum absolute atomic E-state index is 6.29. The van der Waals surface area contributed by atoms with Crippen LogP contribution in [-0.2, 0) is 0 Å². The molecule has 0 radical (unpaired) electrons. The van der Waals surface area contributed by atoms with Gasteiger partial charge in [-0.05, 0) is 106 Å². The minimum Gasteiger partial charge on any atom is -0.456 e. The number of rotatable bonds is 8. The number of amidine groups is 2. The van der Waals surface area contributed by atoms with Crippen LogP contribution in [0, 0.1) is 0 Å². The Kier molecular flexibility index (Phi) is 9.98. The number of hydrogen-bond acceptors (Lipinski definition) is 5. The molecular formula is C69H47N5O. The molecule has 1 N–H and O–H groups in total. The fourth-order valence-corrected chi connectivity index (χ4v) is 12.1. The summed E-state index contributed by atoms with van der Waals surface area (Å²) in [4.78, 5) is 13.5. The lowest BCUT2D eigenvalue weighted by Crippen LogP contribution is -2.36. The number of furan rings is 1. The first kappa shape index (κ1) is 42.9. The molecule has 2 aliphatic heterocycles. The topological polar surface area (TPSA) is 58.1 Å². The number of fused-ring (bicyclic) bond motifs is 9. The molecule has 0 amide bonds. The standard InChI is InChI=1S/C69H47N5O/c1-4-19-44(20-5-1)46-23-16-24-48(41-46)67-70-68(49-38-40-64-57(42-49)51-27-12-15-36-63(51)75-64)72-69(71-67)56-29-11-14-33-59(56)74-58-32-13-10-28-54(58)65-52(31-18-35-61(65)74)53-30-17-34-60-66(53)55-39-37-47(45-21-6-2-7-22-45)43-62(55)73(60)50-25-8-3-9-26-50/h1-43,61,65,69H,(H,70,71,72). The smallest absolute Gasteiger partial charge is 0.159 e. The predicted molar refractivity (Wildman–Crippen MR) is 309 cm³/mol. The van der Waals surface area contributed by atoms with Crippen LogP contribution in [0.1, 0.15) is 39.9 Å². The number of hydrogen-bond donors (Lipinski definition) is 1. The average Bonchev–Trinajstić information content (AvgIpc) is 4.18. The molecule has 0 bridgehead atoms. The minimum absolute atomic E-state index is 0.0227. The van der Waals surface area contributed by atoms with E-state index in [0.29, 0.717) is 5.84 Å². The summed E-state index contributed by atoms with van der Waals surface area (Å²) < 4.78 is 8.73. The Labute approximate surface area is 434 Å². The van der Waals surface area contributed by atoms with Gasteiger partial charge in [-0.25, -0.2) is 9.98 Å². The molecule has 0 spiro atoms. The minimum atomic E-state index is -0.478. The fourth-order valence-electron chi connectivity index (χ4n) is 12.1. The number of aliphatic imine (C=N–C) groups is 2. The quantitative estimate of drug-likeness (QED) is 0.165. The maximum atomic E-state index is 6.29. The van der Waals surface area contributed by atoms with Crippen molar-refractivity contribution in [3.8, 4) is 27.9 Å². The van der Waals surface area contributed by atoms with E-state index in [2.05, 4.69) is 264 Å². The summed E-state index contributed by atoms with van der Waals surface area (Å²) in [7, 11) is 0. The molecule has 75 heavy (non-hydrogen) atoms. The van der Waals surface area contributed by atoms with E-state index in [4.69, 9.17) is 14.4 Å². The zero-order valence-corrected chi connectivity index (χ0v) is 40.8. The van der Waals surface area contributed by atoms with E-state index >= 15 is 0 Å². The van der Waals surface area contributed by atoms with E-state index in [9.17, 15) is 0 Å². The van der Waals surface area contributed by atoms with E-state index in [1.807, 2.05) is 12.1 Å². The fraction of sp³-hybridized carbons (Fsp3) is 0.0435. The molecule has 0 saturated carbocycles. The Morgan fingerprint density at radius 2 is 1.09 bits per heavy atom. The second-order valence-corrected chi connectivity index (χ2v) is 19.6. The molecule has 10 aromatic carbocycles. The Morgan fingerprint density at radius 1 is 0.453 bits per heavy atom. The molecule has 6 heteroatoms. The van der Waals surface area contributed by atoms with Crippen LogP contribution in [0.2, 0.25) is 0 Å². The molecule has 6 nitrogen and oxygen atoms in total. The summed E-state index contributed by atoms with van der Waals surface area (Å²) in [6.07, 6.45) is 6.54. The Balaban J connectivity index is 0.863. The van der Waals surface area contributed by atoms with Crippen LogP contribution in [0.5, 0.6) is 0 Å². The largest absolute Gasteiger partial charge is 0.456 e. The predicted octanol–water partition coefficient (Wildman–Crippen LogP) is 16.8. The first-order valence-electron chi connectivity index (χ1n) is 25.7. The van der Waals surface area contributed by atoms with Gasteiger partial charge in [-0.1, -0.05) is 194 Å². The third kappa shape index (κ3) is 7.09. The van der Waals surface area contributed by atoms with E-state index in [1.165, 1.54) is 55.3 Å². The molecule has 3 aliphatic rings. The van der Waals surface area contributed by atoms with Gasteiger partial charge >= 0.3 is 0 Å². The van der Waals surface area contributed by atoms with Gasteiger partial charge in [0.1, 0.15) is 23.2 Å². The molecule has 354 valence electrons. The number of anilines is 2. The molecule has 4 heterocycles. The van der Waals surface area contributed by atoms with Crippen LogP contribution < -0.4 is 10.2 Å². The lowest BCUT2D eigenvalue weighted by molar-refractivity contribution is 0.666. The van der Waals surface area contributed by atoms with Crippen molar-refractivity contribution in [3.63, 3.8) is 0 Å². The highest BCUT2D eigenvalue weighted by molar-refractivity contribution is 6.17. The Hall–Kier alpha value is -9.78. The van der Waals surface area contributed by atoms with Crippen molar-refractivity contribution in [1.82, 2.24) is 9.88 Å². The third-order valence-electron chi connectivity index (χ3n) is 15.4. The van der Waals surface area contributed by atoms with Crippen LogP contribution in [-0.4, -0.2) is 22.3 Å². The third-order valence-corrected chi connectivity index (χ3v) is 15.4. The molecular weight excluding hydrogens is 915 g/mol. The lowest BCUT2D eigenvalue weighted by Gasteiger charge is -2.34. The van der Waals surface area contributed by atoms with Gasteiger partial charge in [0.2, 0.25) is 0 Å². The van der Waals surface area contributed by atoms with E-state index in [0.717, 1.165) is 67.0 Å². The van der Waals surface area contributed by atoms with Crippen LogP contribution >= 0.6 is 0 Å². The van der Waals surface area contributed by atoms with Gasteiger partial charge in [0, 0.05) is 61.2 Å². The normalized spacial score (nSPS) is 16.9. The summed E-state index contributed by atoms with van der Waals surface area (Å²) in [6.45, 7) is 0. The highest BCUT2D eigenvalue weighted by Gasteiger charge is 2.43. The number of aromatic nitrogens is 1. The molecule has 3 atom stereocenters. The Morgan fingerprint density at radius 3 is 1.91 bits per heavy atom. The molecule has 3 unspecified atom stereocenters. The average molecular weight is 962 g/mol. The highest BCUT2D eigenvalue weighted by atomic mass is 16.3. The molecule has 0 fully saturated rings. The number of allylic oxidation sites excluding steroid dienone is 2. The summed E-state index contributed by atoms with van der Waals surface area (Å²) in [5.41, 5.74) is 18.9. The van der Waals surface area contributed by atoms with Crippen molar-refractivity contribution in [1.29, 1.82) is 0 Å². The van der Waals surface area contributed by atoms with Crippen molar-refractivity contribution in [3.05, 3.63) is 289 Å². The number of benzene rings is 10. The first-order valence-corrected chi connectivity index (χ1v) is 25.7. The second-order valence-electron chi connectivity index (χ2n) is 19.6. The van der Waals surface area contributed by atoms with E-state index < -0.39 is 6.17 Å². The van der Waals surface area contributed by atoms with Crippen LogP contribution in [0.15, 0.2) is 275 Å². The van der Waals surface area contributed by atoms with Crippen LogP contribution in [0.25, 0.3) is 77.3 Å². The zero-order chi connectivity index (χ0) is 49.4. The van der Waals surface area contributed by atoms with Gasteiger partial charge in [-0.2, -0.15) is 0 Å². The van der Waals surface area contributed by atoms with Crippen molar-refractivity contribution in [2.45, 2.75) is 18.1 Å². The number of para-hydroxylation sites is 4. The summed E-state index contributed by atoms with van der Waals surface area (Å²) in [6, 6.07) is 86.7. The van der Waals surface area contributed by atoms with E-state index in [1.54, 1.807) is 0 Å². The summed E-state index contributed by atoms with van der Waals surface area (Å²) >= 11 is 0. The van der Waals surface area contributed by atoms with Gasteiger partial charge in [0.15, 0.2) is 5.84 Å². The van der Waals surface area contributed by atoms with Crippen molar-refractivity contribution in [2.24, 2.45) is 9.98 Å². The van der Waals surface area contributed by atoms with Gasteiger partial charge < -0.3 is 19.2 Å². The van der Waals surface area contributed by atoms with Crippen molar-refractivity contribution in [2.75, 3.05) is 4.90 Å². The summed E-state index contributed by atoms with van der Waals surface area (Å²) in [5.74, 6) is 1.45. The molecule has 2 aromatic heterocycles. The number of nitrogens with zero attached hydrogens (tertiary/aromatic N) is 4. The van der Waals surface area contributed by atoms with Gasteiger partial charge in [-0.15, -0.1) is 0 Å². The van der Waals surface area contributed by atoms with E-state index in [-0.39, 0.29) is 12.0 Å². The lowest BCUT2D eigenvalue weighted by atomic mass is 9.79. The summed E-state index contributed by atoms with van der Waals surface area (Å²) in [5, 5.41) is 8.48.